The first-order chi connectivity index (χ1) is 18.8. The van der Waals surface area contributed by atoms with E-state index in [-0.39, 0.29) is 18.9 Å². The summed E-state index contributed by atoms with van der Waals surface area (Å²) in [6, 6.07) is 23.3. The van der Waals surface area contributed by atoms with Gasteiger partial charge in [0.05, 0.1) is 11.9 Å². The Morgan fingerprint density at radius 3 is 2.08 bits per heavy atom. The van der Waals surface area contributed by atoms with Crippen LogP contribution in [-0.2, 0) is 39.0 Å². The molecule has 9 heteroatoms. The lowest BCUT2D eigenvalue weighted by atomic mass is 10.0. The maximum atomic E-state index is 14.2. The van der Waals surface area contributed by atoms with E-state index in [0.717, 1.165) is 31.7 Å². The van der Waals surface area contributed by atoms with Crippen molar-refractivity contribution in [3.05, 3.63) is 100 Å². The number of hydrogen-bond donors (Lipinski definition) is 1. The third-order valence-electron chi connectivity index (χ3n) is 6.36. The van der Waals surface area contributed by atoms with E-state index in [4.69, 9.17) is 0 Å². The van der Waals surface area contributed by atoms with E-state index >= 15 is 0 Å². The van der Waals surface area contributed by atoms with Crippen LogP contribution in [0.15, 0.2) is 83.3 Å². The van der Waals surface area contributed by atoms with Crippen LogP contribution in [0.25, 0.3) is 0 Å². The van der Waals surface area contributed by atoms with Crippen LogP contribution in [0.2, 0.25) is 0 Å². The molecule has 7 nitrogen and oxygen atoms in total. The monoisotopic (exact) mass is 627 g/mol. The van der Waals surface area contributed by atoms with Gasteiger partial charge in [0.25, 0.3) is 0 Å². The van der Waals surface area contributed by atoms with Crippen molar-refractivity contribution >= 4 is 43.5 Å². The van der Waals surface area contributed by atoms with Gasteiger partial charge in [-0.25, -0.2) is 8.42 Å². The van der Waals surface area contributed by atoms with Crippen molar-refractivity contribution in [3.63, 3.8) is 0 Å². The summed E-state index contributed by atoms with van der Waals surface area (Å²) >= 11 is 3.45. The molecular weight excluding hydrogens is 590 g/mol. The van der Waals surface area contributed by atoms with Crippen molar-refractivity contribution in [2.75, 3.05) is 17.1 Å². The Morgan fingerprint density at radius 1 is 0.900 bits per heavy atom. The maximum absolute atomic E-state index is 14.2. The number of nitrogens with zero attached hydrogens (tertiary/aromatic N) is 2. The second-order valence-corrected chi connectivity index (χ2v) is 13.7. The van der Waals surface area contributed by atoms with Crippen LogP contribution in [0.3, 0.4) is 0 Å². The summed E-state index contributed by atoms with van der Waals surface area (Å²) in [6.45, 7) is 7.30. The van der Waals surface area contributed by atoms with Crippen LogP contribution in [0.5, 0.6) is 0 Å². The number of carbonyl (C=O) groups excluding carboxylic acids is 2. The van der Waals surface area contributed by atoms with Crippen LogP contribution >= 0.6 is 15.9 Å². The average Bonchev–Trinajstić information content (AvgIpc) is 2.89. The van der Waals surface area contributed by atoms with Crippen LogP contribution < -0.4 is 9.62 Å². The summed E-state index contributed by atoms with van der Waals surface area (Å²) in [7, 11) is -3.81. The molecule has 0 bridgehead atoms. The van der Waals surface area contributed by atoms with Gasteiger partial charge in [-0.2, -0.15) is 0 Å². The Balaban J connectivity index is 2.09. The van der Waals surface area contributed by atoms with Gasteiger partial charge in [0.2, 0.25) is 21.8 Å². The highest BCUT2D eigenvalue weighted by molar-refractivity contribution is 9.10. The number of aryl methyl sites for hydroxylation is 1. The summed E-state index contributed by atoms with van der Waals surface area (Å²) in [6.07, 6.45) is 1.97. The molecule has 3 aromatic rings. The standard InChI is InChI=1S/C31H38BrN3O4S/c1-6-25-14-10-11-15-27(25)35(40(5,38)39)22-29(36)34(21-24-16-18-26(32)19-17-24)28(30(37)33-31(2,3)4)20-23-12-8-7-9-13-23/h7-19,28H,6,20-22H2,1-5H3,(H,33,37). The first-order valence-corrected chi connectivity index (χ1v) is 15.9. The highest BCUT2D eigenvalue weighted by atomic mass is 79.9. The zero-order chi connectivity index (χ0) is 29.5. The van der Waals surface area contributed by atoms with E-state index in [1.165, 1.54) is 4.90 Å². The van der Waals surface area contributed by atoms with Gasteiger partial charge in [0.1, 0.15) is 12.6 Å². The SMILES string of the molecule is CCc1ccccc1N(CC(=O)N(Cc1ccc(Br)cc1)C(Cc1ccccc1)C(=O)NC(C)(C)C)S(C)(=O)=O. The zero-order valence-corrected chi connectivity index (χ0v) is 26.1. The fourth-order valence-corrected chi connectivity index (χ4v) is 5.59. The van der Waals surface area contributed by atoms with Crippen molar-refractivity contribution in [2.45, 2.75) is 58.7 Å². The molecule has 0 saturated heterocycles. The molecule has 1 N–H and O–H groups in total. The summed E-state index contributed by atoms with van der Waals surface area (Å²) < 4.78 is 28.0. The molecule has 0 aliphatic carbocycles. The Bertz CT molecular complexity index is 1400. The summed E-state index contributed by atoms with van der Waals surface area (Å²) in [5.74, 6) is -0.772. The van der Waals surface area contributed by atoms with Crippen molar-refractivity contribution in [3.8, 4) is 0 Å². The Morgan fingerprint density at radius 2 is 1.50 bits per heavy atom. The quantitative estimate of drug-likeness (QED) is 0.311. The summed E-state index contributed by atoms with van der Waals surface area (Å²) in [5.41, 5.74) is 2.45. The van der Waals surface area contributed by atoms with Crippen molar-refractivity contribution < 1.29 is 18.0 Å². The molecule has 214 valence electrons. The topological polar surface area (TPSA) is 86.8 Å². The number of hydrogen-bond acceptors (Lipinski definition) is 4. The van der Waals surface area contributed by atoms with Crippen molar-refractivity contribution in [2.24, 2.45) is 0 Å². The Labute approximate surface area is 246 Å². The fraction of sp³-hybridized carbons (Fsp3) is 0.355. The molecule has 0 heterocycles. The van der Waals surface area contributed by atoms with Gasteiger partial charge in [-0.1, -0.05) is 83.5 Å². The van der Waals surface area contributed by atoms with E-state index in [0.29, 0.717) is 12.1 Å². The molecule has 1 atom stereocenters. The zero-order valence-electron chi connectivity index (χ0n) is 23.7. The molecule has 0 aliphatic rings. The van der Waals surface area contributed by atoms with E-state index in [9.17, 15) is 18.0 Å². The Kier molecular flexibility index (Phi) is 10.6. The molecule has 0 aliphatic heterocycles. The smallest absolute Gasteiger partial charge is 0.244 e. The first-order valence-electron chi connectivity index (χ1n) is 13.2. The van der Waals surface area contributed by atoms with E-state index < -0.39 is 34.1 Å². The van der Waals surface area contributed by atoms with Crippen molar-refractivity contribution in [1.82, 2.24) is 10.2 Å². The lowest BCUT2D eigenvalue weighted by Crippen LogP contribution is -2.56. The molecule has 40 heavy (non-hydrogen) atoms. The summed E-state index contributed by atoms with van der Waals surface area (Å²) in [5, 5.41) is 3.03. The molecule has 0 spiro atoms. The molecule has 0 fully saturated rings. The third-order valence-corrected chi connectivity index (χ3v) is 8.01. The van der Waals surface area contributed by atoms with Crippen LogP contribution in [0.1, 0.15) is 44.4 Å². The van der Waals surface area contributed by atoms with Gasteiger partial charge in [-0.15, -0.1) is 0 Å². The second-order valence-electron chi connectivity index (χ2n) is 10.8. The molecule has 3 aromatic carbocycles. The summed E-state index contributed by atoms with van der Waals surface area (Å²) in [4.78, 5) is 29.4. The second kappa shape index (κ2) is 13.5. The van der Waals surface area contributed by atoms with E-state index in [1.807, 2.05) is 94.4 Å². The van der Waals surface area contributed by atoms with Gasteiger partial charge in [-0.3, -0.25) is 13.9 Å². The minimum atomic E-state index is -3.81. The lowest BCUT2D eigenvalue weighted by Gasteiger charge is -2.35. The predicted octanol–water partition coefficient (Wildman–Crippen LogP) is 5.33. The van der Waals surface area contributed by atoms with Gasteiger partial charge in [0, 0.05) is 23.0 Å². The maximum Gasteiger partial charge on any atom is 0.244 e. The first kappa shape index (κ1) is 31.4. The number of anilines is 1. The number of benzene rings is 3. The largest absolute Gasteiger partial charge is 0.350 e. The third kappa shape index (κ3) is 8.93. The molecule has 2 amide bonds. The number of carbonyl (C=O) groups is 2. The normalized spacial score (nSPS) is 12.4. The van der Waals surface area contributed by atoms with Crippen LogP contribution in [0, 0.1) is 0 Å². The predicted molar refractivity (Wildman–Crippen MR) is 165 cm³/mol. The molecule has 0 aromatic heterocycles. The molecule has 0 saturated carbocycles. The van der Waals surface area contributed by atoms with Crippen LogP contribution in [0.4, 0.5) is 5.69 Å². The van der Waals surface area contributed by atoms with Gasteiger partial charge < -0.3 is 10.2 Å². The molecular formula is C31H38BrN3O4S. The number of sulfonamides is 1. The minimum Gasteiger partial charge on any atom is -0.350 e. The number of nitrogens with one attached hydrogen (secondary N) is 1. The molecule has 0 radical (unpaired) electrons. The van der Waals surface area contributed by atoms with Gasteiger partial charge in [0.15, 0.2) is 0 Å². The lowest BCUT2D eigenvalue weighted by molar-refractivity contribution is -0.140. The number of amides is 2. The number of rotatable bonds is 11. The minimum absolute atomic E-state index is 0.133. The number of para-hydroxylation sites is 1. The number of halogens is 1. The average molecular weight is 629 g/mol. The van der Waals surface area contributed by atoms with Crippen molar-refractivity contribution in [1.29, 1.82) is 0 Å². The molecule has 3 rings (SSSR count). The van der Waals surface area contributed by atoms with E-state index in [1.54, 1.807) is 12.1 Å². The molecule has 1 unspecified atom stereocenters. The van der Waals surface area contributed by atoms with Crippen LogP contribution in [-0.4, -0.2) is 49.5 Å². The van der Waals surface area contributed by atoms with E-state index in [2.05, 4.69) is 21.2 Å². The highest BCUT2D eigenvalue weighted by Gasteiger charge is 2.34. The fourth-order valence-electron chi connectivity index (χ4n) is 4.44. The highest BCUT2D eigenvalue weighted by Crippen LogP contribution is 2.25. The van der Waals surface area contributed by atoms with Gasteiger partial charge in [-0.05, 0) is 62.1 Å². The van der Waals surface area contributed by atoms with Gasteiger partial charge >= 0.3 is 0 Å². The Hall–Kier alpha value is -3.17.